The molecular weight excluding hydrogens is 268 g/mol. The second kappa shape index (κ2) is 6.56. The van der Waals surface area contributed by atoms with E-state index in [1.54, 1.807) is 48.5 Å². The molecule has 0 unspecified atom stereocenters. The number of nitrogens with two attached hydrogens (primary N) is 1. The molecule has 0 radical (unpaired) electrons. The highest BCUT2D eigenvalue weighted by Gasteiger charge is 2.09. The van der Waals surface area contributed by atoms with E-state index in [4.69, 9.17) is 10.8 Å². The van der Waals surface area contributed by atoms with Crippen molar-refractivity contribution in [3.63, 3.8) is 0 Å². The van der Waals surface area contributed by atoms with E-state index in [0.29, 0.717) is 29.8 Å². The Bertz CT molecular complexity index is 611. The van der Waals surface area contributed by atoms with E-state index in [1.165, 1.54) is 0 Å². The minimum absolute atomic E-state index is 0.294. The topological polar surface area (TPSA) is 92.4 Å². The number of rotatable bonds is 6. The highest BCUT2D eigenvalue weighted by atomic mass is 16.4. The molecule has 0 fully saturated rings. The largest absolute Gasteiger partial charge is 0.478 e. The third-order valence-electron chi connectivity index (χ3n) is 3.15. The van der Waals surface area contributed by atoms with Gasteiger partial charge in [0.05, 0.1) is 11.1 Å². The van der Waals surface area contributed by atoms with E-state index in [9.17, 15) is 9.59 Å². The van der Waals surface area contributed by atoms with Gasteiger partial charge in [-0.1, -0.05) is 30.3 Å². The first kappa shape index (κ1) is 14.6. The lowest BCUT2D eigenvalue weighted by atomic mass is 10.0. The van der Waals surface area contributed by atoms with Crippen LogP contribution in [-0.4, -0.2) is 23.5 Å². The lowest BCUT2D eigenvalue weighted by Gasteiger charge is -2.11. The summed E-state index contributed by atoms with van der Waals surface area (Å²) < 4.78 is 0. The standard InChI is InChI=1S/C16H16N2O3/c17-15(19)13-7-3-4-8-14(13)18-10-9-11-5-1-2-6-12(11)16(20)21/h1-8,18H,9-10H2,(H2,17,19)(H,20,21). The molecule has 0 bridgehead atoms. The number of aromatic carboxylic acids is 1. The van der Waals surface area contributed by atoms with Crippen molar-refractivity contribution in [2.24, 2.45) is 5.73 Å². The second-order valence-corrected chi connectivity index (χ2v) is 4.55. The van der Waals surface area contributed by atoms with Crippen LogP contribution in [0.5, 0.6) is 0 Å². The van der Waals surface area contributed by atoms with Gasteiger partial charge in [0, 0.05) is 12.2 Å². The molecule has 1 amide bonds. The Morgan fingerprint density at radius 3 is 2.29 bits per heavy atom. The predicted molar refractivity (Wildman–Crippen MR) is 80.6 cm³/mol. The summed E-state index contributed by atoms with van der Waals surface area (Å²) in [7, 11) is 0. The van der Waals surface area contributed by atoms with Gasteiger partial charge in [0.2, 0.25) is 0 Å². The molecule has 0 saturated heterocycles. The molecule has 2 rings (SSSR count). The van der Waals surface area contributed by atoms with Crippen molar-refractivity contribution in [1.29, 1.82) is 0 Å². The van der Waals surface area contributed by atoms with Crippen molar-refractivity contribution in [3.8, 4) is 0 Å². The van der Waals surface area contributed by atoms with Crippen molar-refractivity contribution in [2.45, 2.75) is 6.42 Å². The van der Waals surface area contributed by atoms with Crippen LogP contribution in [0.4, 0.5) is 5.69 Å². The van der Waals surface area contributed by atoms with Crippen LogP contribution in [-0.2, 0) is 6.42 Å². The quantitative estimate of drug-likeness (QED) is 0.757. The molecular formula is C16H16N2O3. The first-order chi connectivity index (χ1) is 10.1. The number of hydrogen-bond donors (Lipinski definition) is 3. The molecule has 0 spiro atoms. The van der Waals surface area contributed by atoms with Crippen molar-refractivity contribution in [3.05, 3.63) is 65.2 Å². The van der Waals surface area contributed by atoms with Crippen molar-refractivity contribution < 1.29 is 14.7 Å². The number of nitrogens with one attached hydrogen (secondary N) is 1. The maximum Gasteiger partial charge on any atom is 0.335 e. The molecule has 4 N–H and O–H groups in total. The summed E-state index contributed by atoms with van der Waals surface area (Å²) in [5.41, 5.74) is 7.41. The number of carbonyl (C=O) groups is 2. The van der Waals surface area contributed by atoms with E-state index in [0.717, 1.165) is 5.56 Å². The van der Waals surface area contributed by atoms with E-state index in [-0.39, 0.29) is 0 Å². The smallest absolute Gasteiger partial charge is 0.335 e. The molecule has 0 atom stereocenters. The van der Waals surface area contributed by atoms with E-state index in [2.05, 4.69) is 5.32 Å². The SMILES string of the molecule is NC(=O)c1ccccc1NCCc1ccccc1C(=O)O. The molecule has 2 aromatic carbocycles. The van der Waals surface area contributed by atoms with Gasteiger partial charge in [-0.25, -0.2) is 4.79 Å². The van der Waals surface area contributed by atoms with Crippen LogP contribution >= 0.6 is 0 Å². The predicted octanol–water partition coefficient (Wildman–Crippen LogP) is 2.14. The average molecular weight is 284 g/mol. The number of carboxylic acid groups (broad SMARTS) is 1. The van der Waals surface area contributed by atoms with E-state index in [1.807, 2.05) is 0 Å². The number of para-hydroxylation sites is 1. The third kappa shape index (κ3) is 3.60. The molecule has 21 heavy (non-hydrogen) atoms. The molecule has 2 aromatic rings. The minimum atomic E-state index is -0.942. The summed E-state index contributed by atoms with van der Waals surface area (Å²) in [5, 5.41) is 12.2. The summed E-state index contributed by atoms with van der Waals surface area (Å²) in [6, 6.07) is 13.8. The highest BCUT2D eigenvalue weighted by molar-refractivity contribution is 5.98. The Labute approximate surface area is 122 Å². The van der Waals surface area contributed by atoms with Crippen LogP contribution < -0.4 is 11.1 Å². The zero-order chi connectivity index (χ0) is 15.2. The number of carbonyl (C=O) groups excluding carboxylic acids is 1. The fraction of sp³-hybridized carbons (Fsp3) is 0.125. The normalized spacial score (nSPS) is 10.1. The lowest BCUT2D eigenvalue weighted by Crippen LogP contribution is -2.16. The number of amides is 1. The highest BCUT2D eigenvalue weighted by Crippen LogP contribution is 2.15. The number of primary amides is 1. The molecule has 0 aromatic heterocycles. The van der Waals surface area contributed by atoms with Gasteiger partial charge >= 0.3 is 5.97 Å². The van der Waals surface area contributed by atoms with Crippen LogP contribution in [0.15, 0.2) is 48.5 Å². The molecule has 0 saturated carbocycles. The zero-order valence-corrected chi connectivity index (χ0v) is 11.4. The Morgan fingerprint density at radius 2 is 1.62 bits per heavy atom. The van der Waals surface area contributed by atoms with Gasteiger partial charge in [-0.2, -0.15) is 0 Å². The summed E-state index contributed by atoms with van der Waals surface area (Å²) in [4.78, 5) is 22.4. The zero-order valence-electron chi connectivity index (χ0n) is 11.4. The van der Waals surface area contributed by atoms with Crippen molar-refractivity contribution >= 4 is 17.6 Å². The Morgan fingerprint density at radius 1 is 1.00 bits per heavy atom. The molecule has 0 aliphatic rings. The number of benzene rings is 2. The van der Waals surface area contributed by atoms with Crippen molar-refractivity contribution in [2.75, 3.05) is 11.9 Å². The van der Waals surface area contributed by atoms with E-state index >= 15 is 0 Å². The van der Waals surface area contributed by atoms with Crippen LogP contribution in [0, 0.1) is 0 Å². The second-order valence-electron chi connectivity index (χ2n) is 4.55. The fourth-order valence-corrected chi connectivity index (χ4v) is 2.13. The van der Waals surface area contributed by atoms with Gasteiger partial charge in [0.1, 0.15) is 0 Å². The Balaban J connectivity index is 2.06. The van der Waals surface area contributed by atoms with Crippen LogP contribution in [0.1, 0.15) is 26.3 Å². The van der Waals surface area contributed by atoms with Gasteiger partial charge in [-0.05, 0) is 30.2 Å². The fourth-order valence-electron chi connectivity index (χ4n) is 2.13. The summed E-state index contributed by atoms with van der Waals surface area (Å²) in [6.07, 6.45) is 0.537. The van der Waals surface area contributed by atoms with Crippen LogP contribution in [0.2, 0.25) is 0 Å². The average Bonchev–Trinajstić information content (AvgIpc) is 2.48. The van der Waals surface area contributed by atoms with E-state index < -0.39 is 11.9 Å². The van der Waals surface area contributed by atoms with Crippen LogP contribution in [0.25, 0.3) is 0 Å². The van der Waals surface area contributed by atoms with Crippen molar-refractivity contribution in [1.82, 2.24) is 0 Å². The first-order valence-electron chi connectivity index (χ1n) is 6.53. The van der Waals surface area contributed by atoms with Gasteiger partial charge < -0.3 is 16.2 Å². The summed E-state index contributed by atoms with van der Waals surface area (Å²) >= 11 is 0. The minimum Gasteiger partial charge on any atom is -0.478 e. The lowest BCUT2D eigenvalue weighted by molar-refractivity contribution is 0.0695. The van der Waals surface area contributed by atoms with Gasteiger partial charge in [0.25, 0.3) is 5.91 Å². The monoisotopic (exact) mass is 284 g/mol. The van der Waals surface area contributed by atoms with Crippen LogP contribution in [0.3, 0.4) is 0 Å². The van der Waals surface area contributed by atoms with Gasteiger partial charge in [0.15, 0.2) is 0 Å². The Hall–Kier alpha value is -2.82. The third-order valence-corrected chi connectivity index (χ3v) is 3.15. The molecule has 0 aliphatic heterocycles. The number of hydrogen-bond acceptors (Lipinski definition) is 3. The maximum atomic E-state index is 11.3. The number of anilines is 1. The number of carboxylic acids is 1. The molecule has 5 nitrogen and oxygen atoms in total. The summed E-state index contributed by atoms with van der Waals surface area (Å²) in [6.45, 7) is 0.509. The van der Waals surface area contributed by atoms with Gasteiger partial charge in [-0.15, -0.1) is 0 Å². The summed E-state index contributed by atoms with van der Waals surface area (Å²) in [5.74, 6) is -1.44. The maximum absolute atomic E-state index is 11.3. The molecule has 5 heteroatoms. The molecule has 108 valence electrons. The van der Waals surface area contributed by atoms with Gasteiger partial charge in [-0.3, -0.25) is 4.79 Å². The molecule has 0 aliphatic carbocycles. The first-order valence-corrected chi connectivity index (χ1v) is 6.53. The molecule has 0 heterocycles. The Kier molecular flexibility index (Phi) is 4.56.